The molecule has 88 valence electrons. The Hall–Kier alpha value is -1.04. The molecule has 0 aromatic carbocycles. The Kier molecular flexibility index (Phi) is 3.71. The Morgan fingerprint density at radius 1 is 1.29 bits per heavy atom. The molecule has 0 amide bonds. The fourth-order valence-electron chi connectivity index (χ4n) is 1.16. The number of nitrogens with zero attached hydrogens (tertiary/aromatic N) is 3. The zero-order valence-corrected chi connectivity index (χ0v) is 11.1. The quantitative estimate of drug-likeness (QED) is 0.918. The standard InChI is InChI=1S/C10H8Cl2N4S/c1-5-8(12)6(2-3-14-5)17-10-9(13)16-7(11)4-15-10/h2-4H,1H3,(H2,13,16). The molecule has 2 rings (SSSR count). The third-order valence-corrected chi connectivity index (χ3v) is 3.81. The minimum Gasteiger partial charge on any atom is -0.381 e. The van der Waals surface area contributed by atoms with E-state index in [1.807, 2.05) is 6.92 Å². The summed E-state index contributed by atoms with van der Waals surface area (Å²) in [4.78, 5) is 13.0. The summed E-state index contributed by atoms with van der Waals surface area (Å²) >= 11 is 13.1. The predicted molar refractivity (Wildman–Crippen MR) is 69.6 cm³/mol. The van der Waals surface area contributed by atoms with Gasteiger partial charge in [-0.2, -0.15) is 0 Å². The largest absolute Gasteiger partial charge is 0.381 e. The maximum absolute atomic E-state index is 6.13. The number of nitrogens with two attached hydrogens (primary N) is 1. The number of halogens is 2. The van der Waals surface area contributed by atoms with Crippen LogP contribution in [0.15, 0.2) is 28.4 Å². The summed E-state index contributed by atoms with van der Waals surface area (Å²) in [6.45, 7) is 1.84. The van der Waals surface area contributed by atoms with Crippen LogP contribution in [0, 0.1) is 6.92 Å². The van der Waals surface area contributed by atoms with Crippen molar-refractivity contribution in [1.29, 1.82) is 0 Å². The molecule has 0 saturated carbocycles. The average molecular weight is 287 g/mol. The summed E-state index contributed by atoms with van der Waals surface area (Å²) < 4.78 is 0. The van der Waals surface area contributed by atoms with Gasteiger partial charge >= 0.3 is 0 Å². The van der Waals surface area contributed by atoms with Gasteiger partial charge in [0.25, 0.3) is 0 Å². The van der Waals surface area contributed by atoms with Crippen molar-refractivity contribution in [1.82, 2.24) is 15.0 Å². The molecule has 2 aromatic heterocycles. The van der Waals surface area contributed by atoms with Gasteiger partial charge in [0.1, 0.15) is 10.2 Å². The van der Waals surface area contributed by atoms with E-state index in [2.05, 4.69) is 15.0 Å². The number of rotatable bonds is 2. The van der Waals surface area contributed by atoms with Crippen molar-refractivity contribution in [2.75, 3.05) is 5.73 Å². The predicted octanol–water partition coefficient (Wildman–Crippen LogP) is 3.22. The monoisotopic (exact) mass is 286 g/mol. The van der Waals surface area contributed by atoms with Crippen LogP contribution in [0.3, 0.4) is 0 Å². The molecule has 0 aliphatic rings. The van der Waals surface area contributed by atoms with E-state index >= 15 is 0 Å². The van der Waals surface area contributed by atoms with Gasteiger partial charge in [0.15, 0.2) is 5.82 Å². The van der Waals surface area contributed by atoms with Crippen molar-refractivity contribution in [2.45, 2.75) is 16.8 Å². The maximum atomic E-state index is 6.13. The molecule has 17 heavy (non-hydrogen) atoms. The van der Waals surface area contributed by atoms with E-state index in [4.69, 9.17) is 28.9 Å². The normalized spacial score (nSPS) is 10.5. The topological polar surface area (TPSA) is 64.7 Å². The number of aromatic nitrogens is 3. The molecule has 0 bridgehead atoms. The van der Waals surface area contributed by atoms with Crippen molar-refractivity contribution in [3.63, 3.8) is 0 Å². The van der Waals surface area contributed by atoms with E-state index in [9.17, 15) is 0 Å². The summed E-state index contributed by atoms with van der Waals surface area (Å²) in [7, 11) is 0. The van der Waals surface area contributed by atoms with Crippen molar-refractivity contribution < 1.29 is 0 Å². The van der Waals surface area contributed by atoms with E-state index < -0.39 is 0 Å². The summed E-state index contributed by atoms with van der Waals surface area (Å²) in [5.74, 6) is 0.285. The van der Waals surface area contributed by atoms with Crippen LogP contribution < -0.4 is 5.73 Å². The van der Waals surface area contributed by atoms with Crippen LogP contribution in [0.4, 0.5) is 5.82 Å². The number of anilines is 1. The average Bonchev–Trinajstić information content (AvgIpc) is 2.28. The third kappa shape index (κ3) is 2.80. The van der Waals surface area contributed by atoms with Crippen LogP contribution in [0.5, 0.6) is 0 Å². The molecule has 0 atom stereocenters. The fourth-order valence-corrected chi connectivity index (χ4v) is 2.35. The van der Waals surface area contributed by atoms with Crippen molar-refractivity contribution >= 4 is 40.8 Å². The third-order valence-electron chi connectivity index (χ3n) is 1.97. The number of nitrogen functional groups attached to an aromatic ring is 1. The van der Waals surface area contributed by atoms with Gasteiger partial charge in [-0.3, -0.25) is 4.98 Å². The second-order valence-corrected chi connectivity index (χ2v) is 4.99. The Bertz CT molecular complexity index is 562. The lowest BCUT2D eigenvalue weighted by Gasteiger charge is -2.06. The van der Waals surface area contributed by atoms with Gasteiger partial charge in [-0.1, -0.05) is 35.0 Å². The molecule has 0 fully saturated rings. The van der Waals surface area contributed by atoms with E-state index in [-0.39, 0.29) is 11.0 Å². The molecule has 0 radical (unpaired) electrons. The summed E-state index contributed by atoms with van der Waals surface area (Å²) in [5, 5.41) is 1.43. The van der Waals surface area contributed by atoms with Crippen molar-refractivity contribution in [3.8, 4) is 0 Å². The molecule has 2 aromatic rings. The van der Waals surface area contributed by atoms with E-state index in [0.29, 0.717) is 10.0 Å². The van der Waals surface area contributed by atoms with Gasteiger partial charge in [-0.05, 0) is 13.0 Å². The summed E-state index contributed by atoms with van der Waals surface area (Å²) in [6, 6.07) is 1.80. The van der Waals surface area contributed by atoms with Crippen LogP contribution in [0.1, 0.15) is 5.69 Å². The number of pyridine rings is 1. The first-order valence-corrected chi connectivity index (χ1v) is 6.22. The van der Waals surface area contributed by atoms with Crippen molar-refractivity contribution in [2.24, 2.45) is 0 Å². The molecule has 2 heterocycles. The fraction of sp³-hybridized carbons (Fsp3) is 0.100. The second kappa shape index (κ2) is 5.08. The molecule has 7 heteroatoms. The highest BCUT2D eigenvalue weighted by Gasteiger charge is 2.10. The minimum absolute atomic E-state index is 0.267. The Morgan fingerprint density at radius 3 is 2.76 bits per heavy atom. The van der Waals surface area contributed by atoms with Crippen LogP contribution >= 0.6 is 35.0 Å². The molecule has 0 saturated heterocycles. The molecule has 2 N–H and O–H groups in total. The van der Waals surface area contributed by atoms with Crippen LogP contribution in [0.25, 0.3) is 0 Å². The van der Waals surface area contributed by atoms with E-state index in [1.54, 1.807) is 12.3 Å². The van der Waals surface area contributed by atoms with Gasteiger partial charge in [0.05, 0.1) is 16.9 Å². The van der Waals surface area contributed by atoms with Gasteiger partial charge in [0.2, 0.25) is 0 Å². The first-order valence-electron chi connectivity index (χ1n) is 4.65. The Labute approximate surface area is 113 Å². The summed E-state index contributed by atoms with van der Waals surface area (Å²) in [6.07, 6.45) is 3.13. The first-order chi connectivity index (χ1) is 8.08. The Balaban J connectivity index is 2.35. The smallest absolute Gasteiger partial charge is 0.158 e. The number of hydrogen-bond acceptors (Lipinski definition) is 5. The van der Waals surface area contributed by atoms with Crippen LogP contribution in [0.2, 0.25) is 10.2 Å². The highest BCUT2D eigenvalue weighted by atomic mass is 35.5. The molecular formula is C10H8Cl2N4S. The van der Waals surface area contributed by atoms with Crippen molar-refractivity contribution in [3.05, 3.63) is 34.3 Å². The van der Waals surface area contributed by atoms with E-state index in [0.717, 1.165) is 10.6 Å². The van der Waals surface area contributed by atoms with Crippen LogP contribution in [-0.4, -0.2) is 15.0 Å². The first kappa shape index (κ1) is 12.4. The lowest BCUT2D eigenvalue weighted by atomic mass is 10.4. The van der Waals surface area contributed by atoms with Gasteiger partial charge in [-0.25, -0.2) is 9.97 Å². The summed E-state index contributed by atoms with van der Waals surface area (Å²) in [5.41, 5.74) is 6.48. The molecule has 0 aliphatic heterocycles. The number of aryl methyl sites for hydroxylation is 1. The van der Waals surface area contributed by atoms with Crippen LogP contribution in [-0.2, 0) is 0 Å². The zero-order valence-electron chi connectivity index (χ0n) is 8.82. The molecule has 0 aliphatic carbocycles. The molecule has 0 spiro atoms. The lowest BCUT2D eigenvalue weighted by molar-refractivity contribution is 1.07. The molecule has 0 unspecified atom stereocenters. The zero-order chi connectivity index (χ0) is 12.4. The second-order valence-electron chi connectivity index (χ2n) is 3.19. The SMILES string of the molecule is Cc1nccc(Sc2ncc(Cl)nc2N)c1Cl. The highest BCUT2D eigenvalue weighted by molar-refractivity contribution is 7.99. The highest BCUT2D eigenvalue weighted by Crippen LogP contribution is 2.35. The molecular weight excluding hydrogens is 279 g/mol. The van der Waals surface area contributed by atoms with Gasteiger partial charge < -0.3 is 5.73 Å². The maximum Gasteiger partial charge on any atom is 0.158 e. The minimum atomic E-state index is 0.267. The van der Waals surface area contributed by atoms with Gasteiger partial charge in [0, 0.05) is 11.1 Å². The molecule has 4 nitrogen and oxygen atoms in total. The Morgan fingerprint density at radius 2 is 2.06 bits per heavy atom. The lowest BCUT2D eigenvalue weighted by Crippen LogP contribution is -1.96. The van der Waals surface area contributed by atoms with E-state index in [1.165, 1.54) is 18.0 Å². The van der Waals surface area contributed by atoms with Gasteiger partial charge in [-0.15, -0.1) is 0 Å². The number of hydrogen-bond donors (Lipinski definition) is 1.